The average molecular weight is 294 g/mol. The summed E-state index contributed by atoms with van der Waals surface area (Å²) in [5.74, 6) is -0.193. The molecule has 1 aromatic heterocycles. The molecule has 1 amide bonds. The molecule has 0 unspecified atom stereocenters. The Morgan fingerprint density at radius 2 is 2.10 bits per heavy atom. The van der Waals surface area contributed by atoms with E-state index in [4.69, 9.17) is 11.6 Å². The van der Waals surface area contributed by atoms with Crippen LogP contribution in [0.3, 0.4) is 0 Å². The predicted octanol–water partition coefficient (Wildman–Crippen LogP) is 3.48. The van der Waals surface area contributed by atoms with Crippen molar-refractivity contribution < 1.29 is 9.18 Å². The number of rotatable bonds is 3. The van der Waals surface area contributed by atoms with Crippen molar-refractivity contribution in [3.8, 4) is 0 Å². The van der Waals surface area contributed by atoms with Crippen molar-refractivity contribution in [3.05, 3.63) is 52.4 Å². The third kappa shape index (κ3) is 3.05. The summed E-state index contributed by atoms with van der Waals surface area (Å²) in [5, 5.41) is 5.86. The molecule has 0 aliphatic rings. The van der Waals surface area contributed by atoms with Gasteiger partial charge in [-0.2, -0.15) is 0 Å². The van der Waals surface area contributed by atoms with Crippen LogP contribution in [0.15, 0.2) is 30.5 Å². The smallest absolute Gasteiger partial charge is 0.257 e. The number of nitrogens with one attached hydrogen (secondary N) is 2. The maximum absolute atomic E-state index is 13.0. The number of nitrogens with zero attached hydrogens (tertiary/aromatic N) is 1. The zero-order chi connectivity index (χ0) is 14.7. The number of aromatic nitrogens is 1. The lowest BCUT2D eigenvalue weighted by atomic mass is 10.2. The van der Waals surface area contributed by atoms with E-state index in [1.807, 2.05) is 0 Å². The van der Waals surface area contributed by atoms with E-state index in [-0.39, 0.29) is 11.7 Å². The van der Waals surface area contributed by atoms with Crippen LogP contribution in [-0.2, 0) is 0 Å². The van der Waals surface area contributed by atoms with Crippen molar-refractivity contribution in [3.63, 3.8) is 0 Å². The average Bonchev–Trinajstić information content (AvgIpc) is 2.41. The molecule has 0 saturated carbocycles. The van der Waals surface area contributed by atoms with Crippen LogP contribution in [0.2, 0.25) is 5.02 Å². The van der Waals surface area contributed by atoms with Gasteiger partial charge in [-0.1, -0.05) is 11.6 Å². The Hall–Kier alpha value is -2.14. The van der Waals surface area contributed by atoms with Gasteiger partial charge in [-0.25, -0.2) is 9.37 Å². The molecule has 0 fully saturated rings. The Labute approximate surface area is 121 Å². The first-order chi connectivity index (χ1) is 9.51. The lowest BCUT2D eigenvalue weighted by Crippen LogP contribution is -2.13. The van der Waals surface area contributed by atoms with Crippen LogP contribution in [0, 0.1) is 12.7 Å². The fourth-order valence-electron chi connectivity index (χ4n) is 1.71. The second kappa shape index (κ2) is 5.88. The highest BCUT2D eigenvalue weighted by Crippen LogP contribution is 2.21. The van der Waals surface area contributed by atoms with E-state index >= 15 is 0 Å². The zero-order valence-corrected chi connectivity index (χ0v) is 11.8. The quantitative estimate of drug-likeness (QED) is 0.911. The molecule has 104 valence electrons. The first-order valence-corrected chi connectivity index (χ1v) is 6.30. The molecule has 0 aliphatic heterocycles. The van der Waals surface area contributed by atoms with Crippen LogP contribution in [-0.4, -0.2) is 17.9 Å². The number of benzene rings is 1. The summed E-state index contributed by atoms with van der Waals surface area (Å²) >= 11 is 5.97. The number of hydrogen-bond donors (Lipinski definition) is 2. The molecule has 1 heterocycles. The van der Waals surface area contributed by atoms with E-state index < -0.39 is 0 Å². The number of anilines is 2. The Morgan fingerprint density at radius 1 is 1.35 bits per heavy atom. The monoisotopic (exact) mass is 293 g/mol. The largest absolute Gasteiger partial charge is 0.372 e. The summed E-state index contributed by atoms with van der Waals surface area (Å²) in [6.45, 7) is 1.72. The van der Waals surface area contributed by atoms with Gasteiger partial charge in [-0.05, 0) is 36.8 Å². The Balaban J connectivity index is 2.21. The molecule has 2 N–H and O–H groups in total. The molecule has 0 atom stereocenters. The third-order valence-electron chi connectivity index (χ3n) is 2.78. The SMILES string of the molecule is CNc1ncc(C(=O)Nc2ccc(F)cc2C)cc1Cl. The summed E-state index contributed by atoms with van der Waals surface area (Å²) in [6, 6.07) is 5.68. The van der Waals surface area contributed by atoms with Crippen LogP contribution in [0.4, 0.5) is 15.9 Å². The van der Waals surface area contributed by atoms with Crippen LogP contribution in [0.5, 0.6) is 0 Å². The van der Waals surface area contributed by atoms with Gasteiger partial charge in [0.15, 0.2) is 0 Å². The van der Waals surface area contributed by atoms with E-state index in [0.29, 0.717) is 27.7 Å². The van der Waals surface area contributed by atoms with Crippen LogP contribution in [0.1, 0.15) is 15.9 Å². The van der Waals surface area contributed by atoms with Crippen molar-refractivity contribution in [2.75, 3.05) is 17.7 Å². The summed E-state index contributed by atoms with van der Waals surface area (Å²) in [7, 11) is 1.69. The minimum atomic E-state index is -0.350. The van der Waals surface area contributed by atoms with Gasteiger partial charge in [-0.3, -0.25) is 4.79 Å². The van der Waals surface area contributed by atoms with Gasteiger partial charge in [0.2, 0.25) is 0 Å². The molecule has 0 aliphatic carbocycles. The van der Waals surface area contributed by atoms with Crippen molar-refractivity contribution in [1.29, 1.82) is 0 Å². The maximum atomic E-state index is 13.0. The van der Waals surface area contributed by atoms with Crippen LogP contribution in [0.25, 0.3) is 0 Å². The second-order valence-corrected chi connectivity index (χ2v) is 4.62. The number of aryl methyl sites for hydroxylation is 1. The number of carbonyl (C=O) groups excluding carboxylic acids is 1. The Kier molecular flexibility index (Phi) is 4.20. The van der Waals surface area contributed by atoms with E-state index in [1.165, 1.54) is 30.5 Å². The molecule has 6 heteroatoms. The van der Waals surface area contributed by atoms with E-state index in [9.17, 15) is 9.18 Å². The molecule has 2 rings (SSSR count). The topological polar surface area (TPSA) is 54.0 Å². The van der Waals surface area contributed by atoms with Crippen molar-refractivity contribution in [1.82, 2.24) is 4.98 Å². The summed E-state index contributed by atoms with van der Waals surface area (Å²) in [4.78, 5) is 16.1. The van der Waals surface area contributed by atoms with Gasteiger partial charge in [-0.15, -0.1) is 0 Å². The molecule has 0 radical (unpaired) electrons. The number of pyridine rings is 1. The molecule has 20 heavy (non-hydrogen) atoms. The fourth-order valence-corrected chi connectivity index (χ4v) is 1.97. The minimum Gasteiger partial charge on any atom is -0.372 e. The van der Waals surface area contributed by atoms with E-state index in [2.05, 4.69) is 15.6 Å². The number of hydrogen-bond acceptors (Lipinski definition) is 3. The fraction of sp³-hybridized carbons (Fsp3) is 0.143. The lowest BCUT2D eigenvalue weighted by molar-refractivity contribution is 0.102. The van der Waals surface area contributed by atoms with E-state index in [0.717, 1.165) is 0 Å². The summed E-state index contributed by atoms with van der Waals surface area (Å²) < 4.78 is 13.0. The van der Waals surface area contributed by atoms with Crippen LogP contribution >= 0.6 is 11.6 Å². The summed E-state index contributed by atoms with van der Waals surface area (Å²) in [5.41, 5.74) is 1.52. The van der Waals surface area contributed by atoms with Gasteiger partial charge in [0.05, 0.1) is 10.6 Å². The highest BCUT2D eigenvalue weighted by molar-refractivity contribution is 6.33. The molecule has 4 nitrogen and oxygen atoms in total. The zero-order valence-electron chi connectivity index (χ0n) is 11.0. The first-order valence-electron chi connectivity index (χ1n) is 5.92. The van der Waals surface area contributed by atoms with Gasteiger partial charge < -0.3 is 10.6 Å². The predicted molar refractivity (Wildman–Crippen MR) is 77.9 cm³/mol. The number of carbonyl (C=O) groups is 1. The van der Waals surface area contributed by atoms with Gasteiger partial charge in [0.25, 0.3) is 5.91 Å². The highest BCUT2D eigenvalue weighted by Gasteiger charge is 2.11. The standard InChI is InChI=1S/C14H13ClFN3O/c1-8-5-10(16)3-4-12(8)19-14(20)9-6-11(15)13(17-2)18-7-9/h3-7H,1-2H3,(H,17,18)(H,19,20). The number of halogens is 2. The number of amides is 1. The van der Waals surface area contributed by atoms with Crippen molar-refractivity contribution >= 4 is 29.0 Å². The lowest BCUT2D eigenvalue weighted by Gasteiger charge is -2.09. The maximum Gasteiger partial charge on any atom is 0.257 e. The van der Waals surface area contributed by atoms with Crippen molar-refractivity contribution in [2.45, 2.75) is 6.92 Å². The van der Waals surface area contributed by atoms with Gasteiger partial charge in [0.1, 0.15) is 11.6 Å². The molecule has 2 aromatic rings. The molecule has 0 spiro atoms. The van der Waals surface area contributed by atoms with Crippen molar-refractivity contribution in [2.24, 2.45) is 0 Å². The first kappa shape index (κ1) is 14.3. The van der Waals surface area contributed by atoms with E-state index in [1.54, 1.807) is 14.0 Å². The molecular formula is C14H13ClFN3O. The molecule has 0 saturated heterocycles. The second-order valence-electron chi connectivity index (χ2n) is 4.22. The minimum absolute atomic E-state index is 0.331. The molecule has 1 aromatic carbocycles. The molecule has 0 bridgehead atoms. The van der Waals surface area contributed by atoms with Gasteiger partial charge >= 0.3 is 0 Å². The summed E-state index contributed by atoms with van der Waals surface area (Å²) in [6.07, 6.45) is 1.42. The normalized spacial score (nSPS) is 10.2. The Bertz CT molecular complexity index is 661. The molecular weight excluding hydrogens is 281 g/mol. The third-order valence-corrected chi connectivity index (χ3v) is 3.06. The van der Waals surface area contributed by atoms with Gasteiger partial charge in [0, 0.05) is 18.9 Å². The highest BCUT2D eigenvalue weighted by atomic mass is 35.5. The van der Waals surface area contributed by atoms with Crippen LogP contribution < -0.4 is 10.6 Å². The Morgan fingerprint density at radius 3 is 2.70 bits per heavy atom.